The Morgan fingerprint density at radius 1 is 1.33 bits per heavy atom. The van der Waals surface area contributed by atoms with Crippen LogP contribution >= 0.6 is 0 Å². The third-order valence-electron chi connectivity index (χ3n) is 3.45. The Balaban J connectivity index is 2.80. The van der Waals surface area contributed by atoms with Crippen LogP contribution in [0.25, 0.3) is 0 Å². The summed E-state index contributed by atoms with van der Waals surface area (Å²) < 4.78 is 30.6. The number of rotatable bonds is 9. The van der Waals surface area contributed by atoms with Crippen molar-refractivity contribution in [1.82, 2.24) is 4.72 Å². The van der Waals surface area contributed by atoms with Gasteiger partial charge in [-0.05, 0) is 32.1 Å². The quantitative estimate of drug-likeness (QED) is 0.610. The number of carboxylic acids is 1. The van der Waals surface area contributed by atoms with Crippen LogP contribution in [-0.4, -0.2) is 42.9 Å². The van der Waals surface area contributed by atoms with E-state index in [0.717, 1.165) is 0 Å². The normalized spacial score (nSPS) is 18.3. The second-order valence-corrected chi connectivity index (χ2v) is 7.92. The number of sulfonamides is 1. The predicted octanol–water partition coefficient (Wildman–Crippen LogP) is 0.891. The van der Waals surface area contributed by atoms with Crippen LogP contribution in [0.1, 0.15) is 46.5 Å². The number of hydrogen-bond acceptors (Lipinski definition) is 5. The lowest BCUT2D eigenvalue weighted by Crippen LogP contribution is -2.47. The van der Waals surface area contributed by atoms with E-state index in [1.807, 2.05) is 13.8 Å². The summed E-state index contributed by atoms with van der Waals surface area (Å²) in [6, 6.07) is -1.17. The largest absolute Gasteiger partial charge is 0.480 e. The van der Waals surface area contributed by atoms with E-state index in [1.54, 1.807) is 6.92 Å². The van der Waals surface area contributed by atoms with Gasteiger partial charge in [0.15, 0.2) is 0 Å². The molecule has 0 spiro atoms. The Kier molecular flexibility index (Phi) is 5.75. The standard InChI is InChI=1S/C13H23NO6S/c1-4-20-11(15)8-13(5-6-13)21(18,19)14-10(12(16)17)7-9(2)3/h9-10,14H,4-8H2,1-3H3,(H,16,17). The van der Waals surface area contributed by atoms with Crippen molar-refractivity contribution in [2.75, 3.05) is 6.61 Å². The van der Waals surface area contributed by atoms with Gasteiger partial charge in [-0.1, -0.05) is 13.8 Å². The Hall–Kier alpha value is -1.15. The van der Waals surface area contributed by atoms with Crippen LogP contribution in [-0.2, 0) is 24.3 Å². The number of hydrogen-bond donors (Lipinski definition) is 2. The van der Waals surface area contributed by atoms with E-state index in [-0.39, 0.29) is 25.4 Å². The monoisotopic (exact) mass is 321 g/mol. The Bertz CT molecular complexity index is 495. The van der Waals surface area contributed by atoms with E-state index in [2.05, 4.69) is 4.72 Å². The summed E-state index contributed by atoms with van der Waals surface area (Å²) in [6.45, 7) is 5.46. The number of nitrogens with one attached hydrogen (secondary N) is 1. The maximum absolute atomic E-state index is 12.4. The molecular formula is C13H23NO6S. The van der Waals surface area contributed by atoms with Crippen LogP contribution in [0.15, 0.2) is 0 Å². The highest BCUT2D eigenvalue weighted by molar-refractivity contribution is 7.91. The fourth-order valence-corrected chi connectivity index (χ4v) is 3.91. The topological polar surface area (TPSA) is 110 Å². The van der Waals surface area contributed by atoms with E-state index in [4.69, 9.17) is 9.84 Å². The molecule has 0 aromatic heterocycles. The fraction of sp³-hybridized carbons (Fsp3) is 0.846. The van der Waals surface area contributed by atoms with Crippen LogP contribution in [0.5, 0.6) is 0 Å². The molecule has 0 radical (unpaired) electrons. The molecule has 1 aliphatic rings. The lowest BCUT2D eigenvalue weighted by atomic mass is 10.1. The van der Waals surface area contributed by atoms with Crippen molar-refractivity contribution in [3.8, 4) is 0 Å². The number of ether oxygens (including phenoxy) is 1. The summed E-state index contributed by atoms with van der Waals surface area (Å²) in [7, 11) is -3.88. The predicted molar refractivity (Wildman–Crippen MR) is 76.1 cm³/mol. The molecule has 1 saturated carbocycles. The molecule has 122 valence electrons. The maximum atomic E-state index is 12.4. The molecule has 7 nitrogen and oxygen atoms in total. The van der Waals surface area contributed by atoms with Gasteiger partial charge in [-0.3, -0.25) is 9.59 Å². The van der Waals surface area contributed by atoms with E-state index in [9.17, 15) is 18.0 Å². The van der Waals surface area contributed by atoms with E-state index >= 15 is 0 Å². The van der Waals surface area contributed by atoms with Crippen molar-refractivity contribution in [2.24, 2.45) is 5.92 Å². The molecule has 21 heavy (non-hydrogen) atoms. The highest BCUT2D eigenvalue weighted by Crippen LogP contribution is 2.46. The lowest BCUT2D eigenvalue weighted by molar-refractivity contribution is -0.143. The second-order valence-electron chi connectivity index (χ2n) is 5.81. The molecule has 2 N–H and O–H groups in total. The van der Waals surface area contributed by atoms with Crippen molar-refractivity contribution >= 4 is 22.0 Å². The number of esters is 1. The van der Waals surface area contributed by atoms with E-state index in [0.29, 0.717) is 12.8 Å². The van der Waals surface area contributed by atoms with Gasteiger partial charge in [-0.15, -0.1) is 0 Å². The number of carboxylic acid groups (broad SMARTS) is 1. The van der Waals surface area contributed by atoms with Crippen molar-refractivity contribution in [1.29, 1.82) is 0 Å². The Morgan fingerprint density at radius 2 is 1.90 bits per heavy atom. The van der Waals surface area contributed by atoms with Gasteiger partial charge in [0.2, 0.25) is 10.0 Å². The third-order valence-corrected chi connectivity index (χ3v) is 5.74. The minimum absolute atomic E-state index is 0.0361. The average Bonchev–Trinajstić information content (AvgIpc) is 3.08. The zero-order valence-electron chi connectivity index (χ0n) is 12.6. The van der Waals surface area contributed by atoms with E-state index in [1.165, 1.54) is 0 Å². The van der Waals surface area contributed by atoms with Crippen LogP contribution in [0, 0.1) is 5.92 Å². The van der Waals surface area contributed by atoms with Gasteiger partial charge in [0.05, 0.1) is 17.8 Å². The lowest BCUT2D eigenvalue weighted by Gasteiger charge is -2.21. The SMILES string of the molecule is CCOC(=O)CC1(S(=O)(=O)NC(CC(C)C)C(=O)O)CC1. The first-order chi connectivity index (χ1) is 9.63. The molecule has 1 rings (SSSR count). The molecule has 0 aliphatic heterocycles. The van der Waals surface area contributed by atoms with Gasteiger partial charge in [-0.25, -0.2) is 13.1 Å². The van der Waals surface area contributed by atoms with E-state index < -0.39 is 32.8 Å². The first-order valence-electron chi connectivity index (χ1n) is 7.04. The minimum Gasteiger partial charge on any atom is -0.480 e. The number of aliphatic carboxylic acids is 1. The minimum atomic E-state index is -3.88. The molecule has 1 unspecified atom stereocenters. The van der Waals surface area contributed by atoms with Crippen molar-refractivity contribution in [2.45, 2.75) is 57.2 Å². The Labute approximate surface area is 125 Å². The van der Waals surface area contributed by atoms with Gasteiger partial charge < -0.3 is 9.84 Å². The molecule has 1 atom stereocenters. The summed E-state index contributed by atoms with van der Waals surface area (Å²) in [5.41, 5.74) is 0. The van der Waals surface area contributed by atoms with Gasteiger partial charge in [0, 0.05) is 0 Å². The van der Waals surface area contributed by atoms with Gasteiger partial charge in [-0.2, -0.15) is 0 Å². The summed E-state index contributed by atoms with van der Waals surface area (Å²) >= 11 is 0. The summed E-state index contributed by atoms with van der Waals surface area (Å²) in [6.07, 6.45) is 0.651. The van der Waals surface area contributed by atoms with Crippen molar-refractivity contribution in [3.05, 3.63) is 0 Å². The first kappa shape index (κ1) is 17.9. The number of carbonyl (C=O) groups is 2. The van der Waals surface area contributed by atoms with Crippen LogP contribution in [0.3, 0.4) is 0 Å². The molecule has 0 aromatic rings. The summed E-state index contributed by atoms with van der Waals surface area (Å²) in [5, 5.41) is 9.12. The Morgan fingerprint density at radius 3 is 2.29 bits per heavy atom. The first-order valence-corrected chi connectivity index (χ1v) is 8.52. The molecule has 0 saturated heterocycles. The summed E-state index contributed by atoms with van der Waals surface area (Å²) in [4.78, 5) is 22.7. The molecule has 0 aromatic carbocycles. The highest BCUT2D eigenvalue weighted by Gasteiger charge is 2.56. The number of carbonyl (C=O) groups excluding carboxylic acids is 1. The van der Waals surface area contributed by atoms with Gasteiger partial charge >= 0.3 is 11.9 Å². The molecule has 0 amide bonds. The molecule has 8 heteroatoms. The third kappa shape index (κ3) is 4.67. The zero-order valence-corrected chi connectivity index (χ0v) is 13.4. The second kappa shape index (κ2) is 6.74. The van der Waals surface area contributed by atoms with Crippen LogP contribution in [0.2, 0.25) is 0 Å². The molecule has 1 fully saturated rings. The van der Waals surface area contributed by atoms with Gasteiger partial charge in [0.25, 0.3) is 0 Å². The van der Waals surface area contributed by atoms with Crippen molar-refractivity contribution < 1.29 is 27.9 Å². The molecule has 1 aliphatic carbocycles. The zero-order chi connectivity index (χ0) is 16.3. The van der Waals surface area contributed by atoms with Crippen LogP contribution < -0.4 is 4.72 Å². The summed E-state index contributed by atoms with van der Waals surface area (Å²) in [5.74, 6) is -1.75. The highest BCUT2D eigenvalue weighted by atomic mass is 32.2. The maximum Gasteiger partial charge on any atom is 0.321 e. The fourth-order valence-electron chi connectivity index (χ4n) is 2.14. The molecular weight excluding hydrogens is 298 g/mol. The van der Waals surface area contributed by atoms with Crippen LogP contribution in [0.4, 0.5) is 0 Å². The smallest absolute Gasteiger partial charge is 0.321 e. The molecule has 0 heterocycles. The van der Waals surface area contributed by atoms with Crippen molar-refractivity contribution in [3.63, 3.8) is 0 Å². The molecule has 0 bridgehead atoms. The average molecular weight is 321 g/mol. The van der Waals surface area contributed by atoms with Gasteiger partial charge in [0.1, 0.15) is 6.04 Å².